The number of nitrogens with zero attached hydrogens (tertiary/aromatic N) is 2. The SMILES string of the molecule is CNc1cc(C(=O)N2CCC(C(C)(C)C)CC2)cc(Cl)n1. The first-order chi connectivity index (χ1) is 9.81. The lowest BCUT2D eigenvalue weighted by atomic mass is 9.75. The smallest absolute Gasteiger partial charge is 0.254 e. The van der Waals surface area contributed by atoms with Gasteiger partial charge in [0.15, 0.2) is 0 Å². The number of likely N-dealkylation sites (tertiary alicyclic amines) is 1. The Bertz CT molecular complexity index is 517. The number of halogens is 1. The summed E-state index contributed by atoms with van der Waals surface area (Å²) >= 11 is 5.97. The van der Waals surface area contributed by atoms with Crippen molar-refractivity contribution in [3.63, 3.8) is 0 Å². The summed E-state index contributed by atoms with van der Waals surface area (Å²) in [6, 6.07) is 3.39. The molecule has 1 N–H and O–H groups in total. The van der Waals surface area contributed by atoms with Crippen molar-refractivity contribution in [3.05, 3.63) is 22.8 Å². The molecule has 0 saturated carbocycles. The molecule has 0 aliphatic carbocycles. The average Bonchev–Trinajstić information content (AvgIpc) is 2.45. The fraction of sp³-hybridized carbons (Fsp3) is 0.625. The molecule has 0 spiro atoms. The summed E-state index contributed by atoms with van der Waals surface area (Å²) < 4.78 is 0. The van der Waals surface area contributed by atoms with Gasteiger partial charge in [0.2, 0.25) is 0 Å². The van der Waals surface area contributed by atoms with Crippen LogP contribution in [0.1, 0.15) is 44.0 Å². The Kier molecular flexibility index (Phi) is 4.77. The van der Waals surface area contributed by atoms with Crippen LogP contribution >= 0.6 is 11.6 Å². The number of hydrogen-bond donors (Lipinski definition) is 1. The zero-order chi connectivity index (χ0) is 15.6. The van der Waals surface area contributed by atoms with Crippen LogP contribution in [0.15, 0.2) is 12.1 Å². The lowest BCUT2D eigenvalue weighted by molar-refractivity contribution is 0.0608. The van der Waals surface area contributed by atoms with Crippen molar-refractivity contribution in [3.8, 4) is 0 Å². The van der Waals surface area contributed by atoms with Crippen molar-refractivity contribution in [2.45, 2.75) is 33.6 Å². The van der Waals surface area contributed by atoms with Crippen molar-refractivity contribution in [2.75, 3.05) is 25.5 Å². The third-order valence-corrected chi connectivity index (χ3v) is 4.50. The van der Waals surface area contributed by atoms with E-state index in [1.165, 1.54) is 0 Å². The van der Waals surface area contributed by atoms with E-state index in [9.17, 15) is 4.79 Å². The number of anilines is 1. The van der Waals surface area contributed by atoms with Gasteiger partial charge < -0.3 is 10.2 Å². The van der Waals surface area contributed by atoms with Gasteiger partial charge in [-0.05, 0) is 36.3 Å². The molecule has 21 heavy (non-hydrogen) atoms. The summed E-state index contributed by atoms with van der Waals surface area (Å²) in [5.74, 6) is 1.34. The van der Waals surface area contributed by atoms with Crippen molar-refractivity contribution in [1.82, 2.24) is 9.88 Å². The summed E-state index contributed by atoms with van der Waals surface area (Å²) in [5, 5.41) is 3.27. The molecule has 2 heterocycles. The van der Waals surface area contributed by atoms with Crippen LogP contribution in [-0.4, -0.2) is 35.9 Å². The zero-order valence-corrected chi connectivity index (χ0v) is 14.0. The summed E-state index contributed by atoms with van der Waals surface area (Å²) in [5.41, 5.74) is 0.919. The first-order valence-electron chi connectivity index (χ1n) is 7.46. The van der Waals surface area contributed by atoms with E-state index in [1.54, 1.807) is 19.2 Å². The summed E-state index contributed by atoms with van der Waals surface area (Å²) in [6.45, 7) is 8.45. The molecule has 1 aliphatic rings. The fourth-order valence-electron chi connectivity index (χ4n) is 2.88. The molecule has 1 aromatic rings. The van der Waals surface area contributed by atoms with Gasteiger partial charge in [0.05, 0.1) is 0 Å². The highest BCUT2D eigenvalue weighted by molar-refractivity contribution is 6.29. The molecule has 1 saturated heterocycles. The van der Waals surface area contributed by atoms with E-state index in [2.05, 4.69) is 31.1 Å². The van der Waals surface area contributed by atoms with Crippen LogP contribution in [0.3, 0.4) is 0 Å². The quantitative estimate of drug-likeness (QED) is 0.848. The highest BCUT2D eigenvalue weighted by Crippen LogP contribution is 2.34. The molecule has 1 amide bonds. The molecule has 1 aliphatic heterocycles. The maximum atomic E-state index is 12.6. The van der Waals surface area contributed by atoms with Crippen molar-refractivity contribution >= 4 is 23.3 Å². The number of hydrogen-bond acceptors (Lipinski definition) is 3. The number of amides is 1. The van der Waals surface area contributed by atoms with E-state index in [-0.39, 0.29) is 5.91 Å². The molecular weight excluding hydrogens is 286 g/mol. The predicted molar refractivity (Wildman–Crippen MR) is 86.9 cm³/mol. The lowest BCUT2D eigenvalue weighted by Gasteiger charge is -2.38. The second kappa shape index (κ2) is 6.22. The first-order valence-corrected chi connectivity index (χ1v) is 7.83. The lowest BCUT2D eigenvalue weighted by Crippen LogP contribution is -2.41. The summed E-state index contributed by atoms with van der Waals surface area (Å²) in [4.78, 5) is 18.6. The molecule has 4 nitrogen and oxygen atoms in total. The second-order valence-corrected chi connectivity index (χ2v) is 7.13. The largest absolute Gasteiger partial charge is 0.373 e. The standard InChI is InChI=1S/C16H24ClN3O/c1-16(2,3)12-5-7-20(8-6-12)15(21)11-9-13(17)19-14(10-11)18-4/h9-10,12H,5-8H2,1-4H3,(H,18,19). The summed E-state index contributed by atoms with van der Waals surface area (Å²) in [6.07, 6.45) is 2.12. The number of rotatable bonds is 2. The van der Waals surface area contributed by atoms with E-state index in [0.29, 0.717) is 27.9 Å². The number of carbonyl (C=O) groups is 1. The molecule has 5 heteroatoms. The Hall–Kier alpha value is -1.29. The molecular formula is C16H24ClN3O. The first kappa shape index (κ1) is 16.1. The maximum Gasteiger partial charge on any atom is 0.254 e. The van der Waals surface area contributed by atoms with Crippen LogP contribution in [0.5, 0.6) is 0 Å². The Morgan fingerprint density at radius 1 is 1.33 bits per heavy atom. The van der Waals surface area contributed by atoms with E-state index in [0.717, 1.165) is 25.9 Å². The van der Waals surface area contributed by atoms with Crippen LogP contribution in [0.4, 0.5) is 5.82 Å². The minimum absolute atomic E-state index is 0.0446. The van der Waals surface area contributed by atoms with Crippen molar-refractivity contribution in [1.29, 1.82) is 0 Å². The van der Waals surface area contributed by atoms with Gasteiger partial charge >= 0.3 is 0 Å². The predicted octanol–water partition coefficient (Wildman–Crippen LogP) is 3.68. The van der Waals surface area contributed by atoms with Crippen LogP contribution in [0.25, 0.3) is 0 Å². The highest BCUT2D eigenvalue weighted by atomic mass is 35.5. The number of nitrogens with one attached hydrogen (secondary N) is 1. The third kappa shape index (κ3) is 3.88. The zero-order valence-electron chi connectivity index (χ0n) is 13.2. The topological polar surface area (TPSA) is 45.2 Å². The molecule has 0 atom stereocenters. The Balaban J connectivity index is 2.07. The molecule has 116 valence electrons. The molecule has 0 unspecified atom stereocenters. The van der Waals surface area contributed by atoms with E-state index < -0.39 is 0 Å². The van der Waals surface area contributed by atoms with E-state index in [4.69, 9.17) is 11.6 Å². The van der Waals surface area contributed by atoms with Crippen LogP contribution < -0.4 is 5.32 Å². The van der Waals surface area contributed by atoms with Gasteiger partial charge in [-0.2, -0.15) is 0 Å². The van der Waals surface area contributed by atoms with E-state index in [1.807, 2.05) is 4.90 Å². The van der Waals surface area contributed by atoms with Gasteiger partial charge in [0.25, 0.3) is 5.91 Å². The monoisotopic (exact) mass is 309 g/mol. The molecule has 0 bridgehead atoms. The number of piperidine rings is 1. The maximum absolute atomic E-state index is 12.6. The van der Waals surface area contributed by atoms with E-state index >= 15 is 0 Å². The Morgan fingerprint density at radius 3 is 2.48 bits per heavy atom. The highest BCUT2D eigenvalue weighted by Gasteiger charge is 2.30. The average molecular weight is 310 g/mol. The minimum Gasteiger partial charge on any atom is -0.373 e. The molecule has 0 radical (unpaired) electrons. The molecule has 0 aromatic carbocycles. The van der Waals surface area contributed by atoms with Crippen LogP contribution in [0, 0.1) is 11.3 Å². The van der Waals surface area contributed by atoms with Crippen LogP contribution in [-0.2, 0) is 0 Å². The van der Waals surface area contributed by atoms with Crippen LogP contribution in [0.2, 0.25) is 5.15 Å². The van der Waals surface area contributed by atoms with Gasteiger partial charge in [0.1, 0.15) is 11.0 Å². The molecule has 2 rings (SSSR count). The van der Waals surface area contributed by atoms with Crippen molar-refractivity contribution in [2.24, 2.45) is 11.3 Å². The van der Waals surface area contributed by atoms with Gasteiger partial charge in [-0.15, -0.1) is 0 Å². The number of aromatic nitrogens is 1. The van der Waals surface area contributed by atoms with Gasteiger partial charge in [-0.1, -0.05) is 32.4 Å². The summed E-state index contributed by atoms with van der Waals surface area (Å²) in [7, 11) is 1.77. The minimum atomic E-state index is 0.0446. The molecule has 1 aromatic heterocycles. The van der Waals surface area contributed by atoms with Crippen molar-refractivity contribution < 1.29 is 4.79 Å². The number of carbonyl (C=O) groups excluding carboxylic acids is 1. The Morgan fingerprint density at radius 2 is 1.95 bits per heavy atom. The fourth-order valence-corrected chi connectivity index (χ4v) is 3.09. The second-order valence-electron chi connectivity index (χ2n) is 6.75. The number of pyridine rings is 1. The molecule has 1 fully saturated rings. The van der Waals surface area contributed by atoms with Gasteiger partial charge in [-0.25, -0.2) is 4.98 Å². The van der Waals surface area contributed by atoms with Gasteiger partial charge in [-0.3, -0.25) is 4.79 Å². The van der Waals surface area contributed by atoms with Gasteiger partial charge in [0, 0.05) is 25.7 Å². The third-order valence-electron chi connectivity index (χ3n) is 4.30. The Labute approximate surface area is 131 Å². The normalized spacial score (nSPS) is 16.9.